The molecule has 1 spiro atoms. The Hall–Kier alpha value is -2.42. The van der Waals surface area contributed by atoms with Gasteiger partial charge in [0.05, 0.1) is 23.3 Å². The normalized spacial score (nSPS) is 31.7. The summed E-state index contributed by atoms with van der Waals surface area (Å²) in [5.74, 6) is 0.638. The van der Waals surface area contributed by atoms with Crippen LogP contribution in [-0.2, 0) is 37.1 Å². The second kappa shape index (κ2) is 9.07. The summed E-state index contributed by atoms with van der Waals surface area (Å²) in [6.45, 7) is 6.88. The SMILES string of the molecule is CC(=O)O[C@@]12CC[C@H](N(CC(C)C)S(=O)(=O)Cc3ccccc3)[C@@H]3Oc4cccc5c4[C@@]31CCN(C)[C@@H]2C5. The van der Waals surface area contributed by atoms with Gasteiger partial charge < -0.3 is 9.47 Å². The summed E-state index contributed by atoms with van der Waals surface area (Å²) in [6.07, 6.45) is 2.31. The van der Waals surface area contributed by atoms with E-state index in [0.29, 0.717) is 19.4 Å². The first kappa shape index (κ1) is 25.8. The number of rotatable bonds is 7. The van der Waals surface area contributed by atoms with Crippen molar-refractivity contribution in [1.29, 1.82) is 0 Å². The monoisotopic (exact) mass is 538 g/mol. The Kier molecular flexibility index (Phi) is 6.16. The summed E-state index contributed by atoms with van der Waals surface area (Å²) in [7, 11) is -1.54. The molecule has 2 aliphatic carbocycles. The molecule has 38 heavy (non-hydrogen) atoms. The van der Waals surface area contributed by atoms with Crippen molar-refractivity contribution >= 4 is 16.0 Å². The third kappa shape index (κ3) is 3.67. The van der Waals surface area contributed by atoms with Gasteiger partial charge in [-0.15, -0.1) is 0 Å². The Morgan fingerprint density at radius 1 is 1.16 bits per heavy atom. The van der Waals surface area contributed by atoms with Crippen LogP contribution in [0, 0.1) is 5.92 Å². The molecule has 8 heteroatoms. The van der Waals surface area contributed by atoms with Gasteiger partial charge in [0.1, 0.15) is 17.5 Å². The molecule has 7 nitrogen and oxygen atoms in total. The number of esters is 1. The van der Waals surface area contributed by atoms with Crippen molar-refractivity contribution in [2.45, 2.75) is 81.4 Å². The van der Waals surface area contributed by atoms with Gasteiger partial charge in [0.2, 0.25) is 10.0 Å². The lowest BCUT2D eigenvalue weighted by molar-refractivity contribution is -0.219. The smallest absolute Gasteiger partial charge is 0.303 e. The molecule has 1 saturated carbocycles. The number of carbonyl (C=O) groups is 1. The topological polar surface area (TPSA) is 76.1 Å². The van der Waals surface area contributed by atoms with E-state index in [0.717, 1.165) is 36.3 Å². The summed E-state index contributed by atoms with van der Waals surface area (Å²) in [6, 6.07) is 15.3. The lowest BCUT2D eigenvalue weighted by atomic mass is 9.48. The maximum absolute atomic E-state index is 14.1. The zero-order chi connectivity index (χ0) is 26.9. The van der Waals surface area contributed by atoms with Gasteiger partial charge in [0.25, 0.3) is 0 Å². The third-order valence-corrected chi connectivity index (χ3v) is 11.2. The van der Waals surface area contributed by atoms with E-state index in [4.69, 9.17) is 9.47 Å². The van der Waals surface area contributed by atoms with Crippen molar-refractivity contribution in [2.75, 3.05) is 20.1 Å². The van der Waals surface area contributed by atoms with Crippen molar-refractivity contribution in [3.8, 4) is 5.75 Å². The van der Waals surface area contributed by atoms with E-state index in [1.54, 1.807) is 4.31 Å². The Labute approximate surface area is 226 Å². The molecule has 0 radical (unpaired) electrons. The molecule has 4 aliphatic rings. The van der Waals surface area contributed by atoms with Crippen molar-refractivity contribution in [1.82, 2.24) is 9.21 Å². The molecule has 2 heterocycles. The fourth-order valence-electron chi connectivity index (χ4n) is 8.11. The number of nitrogens with zero attached hydrogens (tertiary/aromatic N) is 2. The van der Waals surface area contributed by atoms with Crippen LogP contribution in [0.5, 0.6) is 5.75 Å². The first-order valence-corrected chi connectivity index (χ1v) is 15.4. The van der Waals surface area contributed by atoms with Crippen molar-refractivity contribution in [3.63, 3.8) is 0 Å². The van der Waals surface area contributed by atoms with Gasteiger partial charge >= 0.3 is 5.97 Å². The Morgan fingerprint density at radius 2 is 1.92 bits per heavy atom. The molecule has 2 bridgehead atoms. The number of likely N-dealkylation sites (tertiary alicyclic amines) is 1. The maximum Gasteiger partial charge on any atom is 0.303 e. The van der Waals surface area contributed by atoms with Crippen LogP contribution in [0.3, 0.4) is 0 Å². The highest BCUT2D eigenvalue weighted by Crippen LogP contribution is 2.65. The summed E-state index contributed by atoms with van der Waals surface area (Å²) < 4.78 is 43.2. The molecule has 0 aromatic heterocycles. The second-order valence-corrected chi connectivity index (χ2v) is 14.0. The van der Waals surface area contributed by atoms with Crippen LogP contribution in [0.25, 0.3) is 0 Å². The van der Waals surface area contributed by atoms with E-state index in [1.165, 1.54) is 12.5 Å². The number of carbonyl (C=O) groups excluding carboxylic acids is 1. The van der Waals surface area contributed by atoms with Crippen LogP contribution >= 0.6 is 0 Å². The Morgan fingerprint density at radius 3 is 2.63 bits per heavy atom. The van der Waals surface area contributed by atoms with E-state index < -0.39 is 27.1 Å². The van der Waals surface area contributed by atoms with E-state index in [9.17, 15) is 13.2 Å². The molecule has 1 saturated heterocycles. The fourth-order valence-corrected chi connectivity index (χ4v) is 10.0. The number of likely N-dealkylation sites (N-methyl/N-ethyl adjacent to an activating group) is 1. The highest BCUT2D eigenvalue weighted by atomic mass is 32.2. The van der Waals surface area contributed by atoms with Crippen molar-refractivity contribution < 1.29 is 22.7 Å². The molecule has 2 aliphatic heterocycles. The number of hydrogen-bond acceptors (Lipinski definition) is 6. The number of piperidine rings is 1. The Bertz CT molecular complexity index is 1350. The minimum absolute atomic E-state index is 0.0209. The van der Waals surface area contributed by atoms with Crippen molar-refractivity contribution in [2.24, 2.45) is 5.92 Å². The Balaban J connectivity index is 1.49. The largest absolute Gasteiger partial charge is 0.487 e. The average molecular weight is 539 g/mol. The van der Waals surface area contributed by atoms with Crippen LogP contribution in [0.15, 0.2) is 48.5 Å². The number of sulfonamides is 1. The zero-order valence-electron chi connectivity index (χ0n) is 22.7. The maximum atomic E-state index is 14.1. The molecule has 0 amide bonds. The van der Waals surface area contributed by atoms with Gasteiger partial charge in [0, 0.05) is 19.0 Å². The minimum atomic E-state index is -3.65. The van der Waals surface area contributed by atoms with Crippen LogP contribution in [0.1, 0.15) is 56.7 Å². The number of ether oxygens (including phenoxy) is 2. The predicted octanol–water partition coefficient (Wildman–Crippen LogP) is 3.90. The van der Waals surface area contributed by atoms with Gasteiger partial charge in [0.15, 0.2) is 0 Å². The van der Waals surface area contributed by atoms with E-state index in [1.807, 2.05) is 42.5 Å². The van der Waals surface area contributed by atoms with Gasteiger partial charge in [-0.1, -0.05) is 56.3 Å². The highest BCUT2D eigenvalue weighted by molar-refractivity contribution is 7.88. The molecule has 5 atom stereocenters. The third-order valence-electron chi connectivity index (χ3n) is 9.35. The predicted molar refractivity (Wildman–Crippen MR) is 145 cm³/mol. The minimum Gasteiger partial charge on any atom is -0.487 e. The number of hydrogen-bond donors (Lipinski definition) is 0. The lowest BCUT2D eigenvalue weighted by Crippen LogP contribution is -2.79. The van der Waals surface area contributed by atoms with Crippen LogP contribution in [0.4, 0.5) is 0 Å². The average Bonchev–Trinajstić information content (AvgIpc) is 3.20. The fraction of sp³-hybridized carbons (Fsp3) is 0.567. The van der Waals surface area contributed by atoms with Crippen molar-refractivity contribution in [3.05, 3.63) is 65.2 Å². The summed E-state index contributed by atoms with van der Waals surface area (Å²) >= 11 is 0. The number of benzene rings is 2. The summed E-state index contributed by atoms with van der Waals surface area (Å²) in [4.78, 5) is 15.0. The standard InChI is InChI=1S/C30H38N2O5S/c1-20(2)18-32(38(34,35)19-22-9-6-5-7-10-22)24-13-14-30(37-21(3)33)26-17-23-11-8-12-25-27(23)29(30,28(24)36-25)15-16-31(26)4/h5-12,20,24,26,28H,13-19H2,1-4H3/t24-,26+,28-,29-,30+/m0/s1. The van der Waals surface area contributed by atoms with Gasteiger partial charge in [-0.2, -0.15) is 4.31 Å². The van der Waals surface area contributed by atoms with Crippen LogP contribution < -0.4 is 4.74 Å². The molecule has 2 aromatic rings. The molecular formula is C30H38N2O5S. The quantitative estimate of drug-likeness (QED) is 0.498. The molecule has 0 unspecified atom stereocenters. The second-order valence-electron chi connectivity index (χ2n) is 12.0. The van der Waals surface area contributed by atoms with E-state index in [2.05, 4.69) is 31.9 Å². The zero-order valence-corrected chi connectivity index (χ0v) is 23.5. The van der Waals surface area contributed by atoms with Gasteiger partial charge in [-0.05, 0) is 62.4 Å². The van der Waals surface area contributed by atoms with E-state index >= 15 is 0 Å². The van der Waals surface area contributed by atoms with Gasteiger partial charge in [-0.25, -0.2) is 8.42 Å². The molecule has 0 N–H and O–H groups in total. The van der Waals surface area contributed by atoms with Crippen LogP contribution in [-0.4, -0.2) is 67.5 Å². The highest BCUT2D eigenvalue weighted by Gasteiger charge is 2.75. The molecule has 2 aromatic carbocycles. The molecule has 204 valence electrons. The lowest BCUT2D eigenvalue weighted by Gasteiger charge is -2.65. The first-order chi connectivity index (χ1) is 18.1. The summed E-state index contributed by atoms with van der Waals surface area (Å²) in [5.41, 5.74) is 1.82. The summed E-state index contributed by atoms with van der Waals surface area (Å²) in [5, 5.41) is 0. The molecule has 2 fully saturated rings. The molecule has 6 rings (SSSR count). The molecular weight excluding hydrogens is 500 g/mol. The van der Waals surface area contributed by atoms with Gasteiger partial charge in [-0.3, -0.25) is 9.69 Å². The van der Waals surface area contributed by atoms with E-state index in [-0.39, 0.29) is 29.7 Å². The first-order valence-electron chi connectivity index (χ1n) is 13.8. The van der Waals surface area contributed by atoms with Crippen LogP contribution in [0.2, 0.25) is 0 Å².